The van der Waals surface area contributed by atoms with Crippen LogP contribution in [0.25, 0.3) is 0 Å². The molecule has 114 valence electrons. The molecular weight excluding hydrogens is 268 g/mol. The molecule has 2 rings (SSSR count). The molecule has 0 saturated carbocycles. The molecule has 0 aromatic carbocycles. The van der Waals surface area contributed by atoms with Crippen molar-refractivity contribution in [2.75, 3.05) is 39.1 Å². The molecule has 1 fully saturated rings. The molecule has 1 unspecified atom stereocenters. The quantitative estimate of drug-likeness (QED) is 0.874. The number of anilines is 1. The van der Waals surface area contributed by atoms with E-state index in [-0.39, 0.29) is 0 Å². The lowest BCUT2D eigenvalue weighted by molar-refractivity contribution is 0.372. The van der Waals surface area contributed by atoms with E-state index in [1.807, 2.05) is 18.4 Å². The summed E-state index contributed by atoms with van der Waals surface area (Å²) in [4.78, 5) is 11.2. The highest BCUT2D eigenvalue weighted by Gasteiger charge is 2.28. The van der Waals surface area contributed by atoms with Gasteiger partial charge in [0, 0.05) is 30.6 Å². The van der Waals surface area contributed by atoms with Gasteiger partial charge in [0.25, 0.3) is 0 Å². The van der Waals surface area contributed by atoms with Crippen molar-refractivity contribution >= 4 is 16.5 Å². The minimum atomic E-state index is 0.498. The second kappa shape index (κ2) is 6.87. The third-order valence-corrected chi connectivity index (χ3v) is 4.91. The molecule has 1 saturated heterocycles. The molecule has 1 aliphatic rings. The van der Waals surface area contributed by atoms with Gasteiger partial charge in [0.15, 0.2) is 5.13 Å². The minimum Gasteiger partial charge on any atom is -0.344 e. The van der Waals surface area contributed by atoms with Crippen LogP contribution >= 0.6 is 11.3 Å². The van der Waals surface area contributed by atoms with Crippen molar-refractivity contribution in [2.45, 2.75) is 45.2 Å². The van der Waals surface area contributed by atoms with Gasteiger partial charge in [-0.05, 0) is 39.9 Å². The van der Waals surface area contributed by atoms with Crippen LogP contribution < -0.4 is 10.2 Å². The van der Waals surface area contributed by atoms with E-state index in [0.717, 1.165) is 19.6 Å². The molecule has 0 amide bonds. The van der Waals surface area contributed by atoms with E-state index in [1.165, 1.54) is 28.5 Å². The predicted octanol–water partition coefficient (Wildman–Crippen LogP) is 2.52. The Labute approximate surface area is 127 Å². The Morgan fingerprint density at radius 2 is 2.20 bits per heavy atom. The predicted molar refractivity (Wildman–Crippen MR) is 87.9 cm³/mol. The van der Waals surface area contributed by atoms with Crippen molar-refractivity contribution in [1.82, 2.24) is 15.2 Å². The summed E-state index contributed by atoms with van der Waals surface area (Å²) in [5.41, 5.74) is 1.27. The Hall–Kier alpha value is -0.650. The summed E-state index contributed by atoms with van der Waals surface area (Å²) in [7, 11) is 6.32. The molecule has 1 aromatic heterocycles. The number of likely N-dealkylation sites (N-methyl/N-ethyl adjacent to an activating group) is 1. The van der Waals surface area contributed by atoms with Gasteiger partial charge in [-0.3, -0.25) is 0 Å². The molecule has 1 N–H and O–H groups in total. The molecule has 1 aliphatic heterocycles. The fourth-order valence-electron chi connectivity index (χ4n) is 2.91. The summed E-state index contributed by atoms with van der Waals surface area (Å²) in [6, 6.07) is 0.624. The number of nitrogens with zero attached hydrogens (tertiary/aromatic N) is 3. The van der Waals surface area contributed by atoms with Gasteiger partial charge in [-0.15, -0.1) is 11.3 Å². The maximum atomic E-state index is 4.95. The Morgan fingerprint density at radius 3 is 2.80 bits per heavy atom. The SMILES string of the molecule is CNCc1sc(N2CCCC2CN(C)C)nc1C(C)C. The van der Waals surface area contributed by atoms with Gasteiger partial charge in [0.1, 0.15) is 0 Å². The highest BCUT2D eigenvalue weighted by molar-refractivity contribution is 7.15. The minimum absolute atomic E-state index is 0.498. The van der Waals surface area contributed by atoms with Crippen LogP contribution in [0.3, 0.4) is 0 Å². The Morgan fingerprint density at radius 1 is 1.45 bits per heavy atom. The lowest BCUT2D eigenvalue weighted by atomic mass is 10.1. The maximum absolute atomic E-state index is 4.95. The fourth-order valence-corrected chi connectivity index (χ4v) is 4.24. The average Bonchev–Trinajstić information content (AvgIpc) is 2.95. The number of hydrogen-bond acceptors (Lipinski definition) is 5. The summed E-state index contributed by atoms with van der Waals surface area (Å²) in [6.07, 6.45) is 2.58. The molecule has 5 heteroatoms. The van der Waals surface area contributed by atoms with Crippen molar-refractivity contribution in [2.24, 2.45) is 0 Å². The molecule has 1 aromatic rings. The van der Waals surface area contributed by atoms with Crippen LogP contribution in [0.2, 0.25) is 0 Å². The number of hydrogen-bond donors (Lipinski definition) is 1. The van der Waals surface area contributed by atoms with Crippen LogP contribution in [0, 0.1) is 0 Å². The van der Waals surface area contributed by atoms with E-state index in [1.54, 1.807) is 0 Å². The molecule has 4 nitrogen and oxygen atoms in total. The first-order valence-corrected chi connectivity index (χ1v) is 8.40. The lowest BCUT2D eigenvalue weighted by Crippen LogP contribution is -2.37. The first kappa shape index (κ1) is 15.7. The van der Waals surface area contributed by atoms with Gasteiger partial charge in [-0.25, -0.2) is 4.98 Å². The van der Waals surface area contributed by atoms with Crippen molar-refractivity contribution in [3.63, 3.8) is 0 Å². The summed E-state index contributed by atoms with van der Waals surface area (Å²) in [5, 5.41) is 4.50. The van der Waals surface area contributed by atoms with E-state index >= 15 is 0 Å². The fraction of sp³-hybridized carbons (Fsp3) is 0.800. The van der Waals surface area contributed by atoms with E-state index in [4.69, 9.17) is 4.98 Å². The van der Waals surface area contributed by atoms with E-state index in [0.29, 0.717) is 12.0 Å². The molecule has 0 radical (unpaired) electrons. The van der Waals surface area contributed by atoms with Crippen molar-refractivity contribution in [1.29, 1.82) is 0 Å². The highest BCUT2D eigenvalue weighted by Crippen LogP contribution is 2.34. The van der Waals surface area contributed by atoms with Gasteiger partial charge in [-0.1, -0.05) is 13.8 Å². The first-order valence-electron chi connectivity index (χ1n) is 7.58. The van der Waals surface area contributed by atoms with Crippen LogP contribution in [0.15, 0.2) is 0 Å². The summed E-state index contributed by atoms with van der Waals surface area (Å²) in [6.45, 7) is 7.68. The topological polar surface area (TPSA) is 31.4 Å². The highest BCUT2D eigenvalue weighted by atomic mass is 32.1. The van der Waals surface area contributed by atoms with Crippen LogP contribution in [-0.2, 0) is 6.54 Å². The second-order valence-corrected chi connectivity index (χ2v) is 7.30. The molecular formula is C15H28N4S. The zero-order valence-electron chi connectivity index (χ0n) is 13.4. The molecule has 0 spiro atoms. The Bertz CT molecular complexity index is 428. The van der Waals surface area contributed by atoms with Gasteiger partial charge >= 0.3 is 0 Å². The third-order valence-electron chi connectivity index (χ3n) is 3.80. The van der Waals surface area contributed by atoms with Crippen LogP contribution in [0.5, 0.6) is 0 Å². The molecule has 1 atom stereocenters. The number of aromatic nitrogens is 1. The van der Waals surface area contributed by atoms with Gasteiger partial charge in [0.05, 0.1) is 5.69 Å². The summed E-state index contributed by atoms with van der Waals surface area (Å²) < 4.78 is 0. The first-order chi connectivity index (χ1) is 9.52. The molecule has 20 heavy (non-hydrogen) atoms. The van der Waals surface area contributed by atoms with E-state index in [9.17, 15) is 0 Å². The van der Waals surface area contributed by atoms with Crippen molar-refractivity contribution in [3.05, 3.63) is 10.6 Å². The second-order valence-electron chi connectivity index (χ2n) is 6.24. The van der Waals surface area contributed by atoms with E-state index < -0.39 is 0 Å². The molecule has 0 aliphatic carbocycles. The Kier molecular flexibility index (Phi) is 5.41. The van der Waals surface area contributed by atoms with Crippen LogP contribution in [-0.4, -0.2) is 50.2 Å². The lowest BCUT2D eigenvalue weighted by Gasteiger charge is -2.26. The van der Waals surface area contributed by atoms with Crippen LogP contribution in [0.4, 0.5) is 5.13 Å². The van der Waals surface area contributed by atoms with Crippen LogP contribution in [0.1, 0.15) is 43.2 Å². The smallest absolute Gasteiger partial charge is 0.186 e. The van der Waals surface area contributed by atoms with Crippen molar-refractivity contribution < 1.29 is 0 Å². The number of rotatable bonds is 6. The largest absolute Gasteiger partial charge is 0.344 e. The molecule has 0 bridgehead atoms. The summed E-state index contributed by atoms with van der Waals surface area (Å²) >= 11 is 1.87. The van der Waals surface area contributed by atoms with Gasteiger partial charge in [0.2, 0.25) is 0 Å². The monoisotopic (exact) mass is 296 g/mol. The zero-order valence-corrected chi connectivity index (χ0v) is 14.3. The standard InChI is InChI=1S/C15H28N4S/c1-11(2)14-13(9-16-3)20-15(17-14)19-8-6-7-12(19)10-18(4)5/h11-12,16H,6-10H2,1-5H3. The average molecular weight is 296 g/mol. The molecule has 2 heterocycles. The third kappa shape index (κ3) is 3.51. The summed E-state index contributed by atoms with van der Waals surface area (Å²) in [5.74, 6) is 0.498. The number of nitrogens with one attached hydrogen (secondary N) is 1. The zero-order chi connectivity index (χ0) is 14.7. The van der Waals surface area contributed by atoms with Gasteiger partial charge in [-0.2, -0.15) is 0 Å². The van der Waals surface area contributed by atoms with E-state index in [2.05, 4.69) is 43.1 Å². The maximum Gasteiger partial charge on any atom is 0.186 e. The normalized spacial score (nSPS) is 19.6. The number of thiazole rings is 1. The van der Waals surface area contributed by atoms with Gasteiger partial charge < -0.3 is 15.1 Å². The van der Waals surface area contributed by atoms with Crippen molar-refractivity contribution in [3.8, 4) is 0 Å². The Balaban J connectivity index is 2.21.